The van der Waals surface area contributed by atoms with E-state index in [0.29, 0.717) is 18.8 Å². The van der Waals surface area contributed by atoms with Crippen molar-refractivity contribution in [2.45, 2.75) is 33.2 Å². The van der Waals surface area contributed by atoms with Crippen LogP contribution in [-0.2, 0) is 17.8 Å². The first-order valence-electron chi connectivity index (χ1n) is 10.4. The van der Waals surface area contributed by atoms with E-state index in [1.165, 1.54) is 18.2 Å². The van der Waals surface area contributed by atoms with Crippen LogP contribution in [0, 0.1) is 12.7 Å². The predicted molar refractivity (Wildman–Crippen MR) is 122 cm³/mol. The molecule has 1 N–H and O–H groups in total. The van der Waals surface area contributed by atoms with E-state index in [1.54, 1.807) is 11.0 Å². The van der Waals surface area contributed by atoms with Crippen LogP contribution in [0.4, 0.5) is 10.1 Å². The Morgan fingerprint density at radius 1 is 0.935 bits per heavy atom. The lowest BCUT2D eigenvalue weighted by molar-refractivity contribution is -0.120. The van der Waals surface area contributed by atoms with Gasteiger partial charge in [-0.1, -0.05) is 55.0 Å². The summed E-state index contributed by atoms with van der Waals surface area (Å²) in [6, 6.07) is 21.0. The molecule has 0 atom stereocenters. The molecular formula is C26H27FN2O2. The first kappa shape index (κ1) is 22.2. The van der Waals surface area contributed by atoms with Crippen LogP contribution >= 0.6 is 0 Å². The number of carbonyl (C=O) groups excluding carboxylic acids is 2. The van der Waals surface area contributed by atoms with Gasteiger partial charge in [0.25, 0.3) is 5.91 Å². The fraction of sp³-hybridized carbons (Fsp3) is 0.231. The molecule has 0 radical (unpaired) electrons. The van der Waals surface area contributed by atoms with Crippen LogP contribution in [-0.4, -0.2) is 18.4 Å². The number of hydrogen-bond donors (Lipinski definition) is 1. The minimum atomic E-state index is -0.449. The van der Waals surface area contributed by atoms with Crippen LogP contribution in [0.3, 0.4) is 0 Å². The molecule has 3 aromatic rings. The van der Waals surface area contributed by atoms with Crippen LogP contribution < -0.4 is 10.2 Å². The summed E-state index contributed by atoms with van der Waals surface area (Å²) in [5, 5.41) is 2.86. The van der Waals surface area contributed by atoms with Gasteiger partial charge in [0.1, 0.15) is 5.82 Å². The number of amides is 2. The van der Waals surface area contributed by atoms with E-state index in [9.17, 15) is 14.0 Å². The number of nitrogens with zero attached hydrogens (tertiary/aromatic N) is 1. The number of carbonyl (C=O) groups is 2. The molecule has 0 aliphatic heterocycles. The topological polar surface area (TPSA) is 49.4 Å². The Kier molecular flexibility index (Phi) is 7.55. The minimum absolute atomic E-state index is 0.0260. The maximum Gasteiger partial charge on any atom is 0.258 e. The molecule has 0 spiro atoms. The van der Waals surface area contributed by atoms with Gasteiger partial charge in [0.05, 0.1) is 13.0 Å². The van der Waals surface area contributed by atoms with Crippen molar-refractivity contribution in [3.05, 3.63) is 101 Å². The van der Waals surface area contributed by atoms with E-state index >= 15 is 0 Å². The van der Waals surface area contributed by atoms with Crippen LogP contribution in [0.15, 0.2) is 72.8 Å². The number of hydrogen-bond acceptors (Lipinski definition) is 2. The maximum atomic E-state index is 13.7. The fourth-order valence-electron chi connectivity index (χ4n) is 3.24. The Bertz CT molecular complexity index is 1030. The van der Waals surface area contributed by atoms with Gasteiger partial charge >= 0.3 is 0 Å². The molecule has 0 fully saturated rings. The fourth-order valence-corrected chi connectivity index (χ4v) is 3.24. The summed E-state index contributed by atoms with van der Waals surface area (Å²) in [5.41, 5.74) is 3.95. The van der Waals surface area contributed by atoms with E-state index in [1.807, 2.05) is 62.4 Å². The number of benzene rings is 3. The van der Waals surface area contributed by atoms with Crippen molar-refractivity contribution in [3.8, 4) is 0 Å². The van der Waals surface area contributed by atoms with Gasteiger partial charge in [-0.3, -0.25) is 9.59 Å². The third kappa shape index (κ3) is 6.25. The zero-order valence-electron chi connectivity index (χ0n) is 17.9. The van der Waals surface area contributed by atoms with Crippen molar-refractivity contribution in [1.29, 1.82) is 0 Å². The average Bonchev–Trinajstić information content (AvgIpc) is 2.77. The molecule has 5 heteroatoms. The molecule has 0 bridgehead atoms. The van der Waals surface area contributed by atoms with Gasteiger partial charge in [-0.15, -0.1) is 0 Å². The van der Waals surface area contributed by atoms with Gasteiger partial charge in [-0.05, 0) is 54.8 Å². The lowest BCUT2D eigenvalue weighted by Gasteiger charge is -2.24. The van der Waals surface area contributed by atoms with E-state index in [4.69, 9.17) is 0 Å². The molecule has 0 aliphatic rings. The smallest absolute Gasteiger partial charge is 0.258 e. The Labute approximate surface area is 182 Å². The highest BCUT2D eigenvalue weighted by Crippen LogP contribution is 2.22. The van der Waals surface area contributed by atoms with E-state index < -0.39 is 5.82 Å². The standard InChI is InChI=1S/C26H27FN2O2/c1-3-15-28-25(30)16-20-11-13-24(14-12-20)29(18-21-9-7-19(2)8-10-21)26(31)22-5-4-6-23(27)17-22/h4-14,17H,3,15-16,18H2,1-2H3,(H,28,30). The Morgan fingerprint density at radius 3 is 2.26 bits per heavy atom. The zero-order valence-corrected chi connectivity index (χ0v) is 17.9. The summed E-state index contributed by atoms with van der Waals surface area (Å²) in [7, 11) is 0. The molecule has 0 heterocycles. The third-order valence-electron chi connectivity index (χ3n) is 4.96. The van der Waals surface area contributed by atoms with Gasteiger partial charge in [0.15, 0.2) is 0 Å². The van der Waals surface area contributed by atoms with Gasteiger partial charge in [-0.2, -0.15) is 0 Å². The summed E-state index contributed by atoms with van der Waals surface area (Å²) in [5.74, 6) is -0.759. The molecule has 2 amide bonds. The highest BCUT2D eigenvalue weighted by Gasteiger charge is 2.19. The van der Waals surface area contributed by atoms with Crippen LogP contribution in [0.5, 0.6) is 0 Å². The second-order valence-corrected chi connectivity index (χ2v) is 7.58. The third-order valence-corrected chi connectivity index (χ3v) is 4.96. The molecule has 31 heavy (non-hydrogen) atoms. The average molecular weight is 419 g/mol. The lowest BCUT2D eigenvalue weighted by Crippen LogP contribution is -2.30. The Balaban J connectivity index is 1.85. The first-order valence-corrected chi connectivity index (χ1v) is 10.4. The number of aryl methyl sites for hydroxylation is 1. The van der Waals surface area contributed by atoms with E-state index in [-0.39, 0.29) is 23.8 Å². The largest absolute Gasteiger partial charge is 0.356 e. The van der Waals surface area contributed by atoms with Crippen LogP contribution in [0.1, 0.15) is 40.4 Å². The van der Waals surface area contributed by atoms with Gasteiger partial charge < -0.3 is 10.2 Å². The second-order valence-electron chi connectivity index (χ2n) is 7.58. The van der Waals surface area contributed by atoms with Crippen molar-refractivity contribution in [2.75, 3.05) is 11.4 Å². The molecule has 4 nitrogen and oxygen atoms in total. The second kappa shape index (κ2) is 10.5. The molecule has 0 aromatic heterocycles. The van der Waals surface area contributed by atoms with Gasteiger partial charge in [0, 0.05) is 17.8 Å². The molecule has 3 aromatic carbocycles. The van der Waals surface area contributed by atoms with Gasteiger partial charge in [-0.25, -0.2) is 4.39 Å². The number of halogens is 1. The highest BCUT2D eigenvalue weighted by atomic mass is 19.1. The number of nitrogens with one attached hydrogen (secondary N) is 1. The molecular weight excluding hydrogens is 391 g/mol. The minimum Gasteiger partial charge on any atom is -0.356 e. The van der Waals surface area contributed by atoms with Gasteiger partial charge in [0.2, 0.25) is 5.91 Å². The van der Waals surface area contributed by atoms with Crippen LogP contribution in [0.25, 0.3) is 0 Å². The zero-order chi connectivity index (χ0) is 22.2. The van der Waals surface area contributed by atoms with Crippen molar-refractivity contribution in [3.63, 3.8) is 0 Å². The summed E-state index contributed by atoms with van der Waals surface area (Å²) in [6.07, 6.45) is 1.18. The van der Waals surface area contributed by atoms with Crippen LogP contribution in [0.2, 0.25) is 0 Å². The number of rotatable bonds is 8. The van der Waals surface area contributed by atoms with E-state index in [0.717, 1.165) is 23.1 Å². The Hall–Kier alpha value is -3.47. The van der Waals surface area contributed by atoms with Crippen molar-refractivity contribution in [1.82, 2.24) is 5.32 Å². The quantitative estimate of drug-likeness (QED) is 0.557. The molecule has 0 unspecified atom stereocenters. The Morgan fingerprint density at radius 2 is 1.61 bits per heavy atom. The van der Waals surface area contributed by atoms with E-state index in [2.05, 4.69) is 5.32 Å². The predicted octanol–water partition coefficient (Wildman–Crippen LogP) is 5.05. The molecule has 0 aliphatic carbocycles. The first-order chi connectivity index (χ1) is 15.0. The monoisotopic (exact) mass is 418 g/mol. The van der Waals surface area contributed by atoms with Crippen molar-refractivity contribution >= 4 is 17.5 Å². The summed E-state index contributed by atoms with van der Waals surface area (Å²) in [4.78, 5) is 26.8. The molecule has 0 saturated heterocycles. The summed E-state index contributed by atoms with van der Waals surface area (Å²) in [6.45, 7) is 5.03. The normalized spacial score (nSPS) is 10.5. The maximum absolute atomic E-state index is 13.7. The lowest BCUT2D eigenvalue weighted by atomic mass is 10.1. The number of anilines is 1. The molecule has 160 valence electrons. The molecule has 3 rings (SSSR count). The SMILES string of the molecule is CCCNC(=O)Cc1ccc(N(Cc2ccc(C)cc2)C(=O)c2cccc(F)c2)cc1. The summed E-state index contributed by atoms with van der Waals surface area (Å²) < 4.78 is 13.7. The highest BCUT2D eigenvalue weighted by molar-refractivity contribution is 6.06. The summed E-state index contributed by atoms with van der Waals surface area (Å²) >= 11 is 0. The van der Waals surface area contributed by atoms with Crippen molar-refractivity contribution < 1.29 is 14.0 Å². The molecule has 0 saturated carbocycles. The van der Waals surface area contributed by atoms with Crippen molar-refractivity contribution in [2.24, 2.45) is 0 Å².